The number of sulfone groups is 1. The first-order valence-corrected chi connectivity index (χ1v) is 12.2. The Morgan fingerprint density at radius 1 is 1.03 bits per heavy atom. The third-order valence-corrected chi connectivity index (χ3v) is 6.58. The van der Waals surface area contributed by atoms with Crippen molar-refractivity contribution in [2.24, 2.45) is 0 Å². The van der Waals surface area contributed by atoms with Gasteiger partial charge in [-0.05, 0) is 48.5 Å². The van der Waals surface area contributed by atoms with Crippen molar-refractivity contribution in [1.29, 1.82) is 0 Å². The van der Waals surface area contributed by atoms with Crippen LogP contribution in [-0.2, 0) is 14.6 Å². The van der Waals surface area contributed by atoms with Crippen LogP contribution in [-0.4, -0.2) is 56.2 Å². The summed E-state index contributed by atoms with van der Waals surface area (Å²) in [6, 6.07) is 16.7. The Hall–Kier alpha value is -3.43. The van der Waals surface area contributed by atoms with E-state index in [0.29, 0.717) is 18.9 Å². The van der Waals surface area contributed by atoms with Gasteiger partial charge in [0.1, 0.15) is 11.5 Å². The number of pyridine rings is 1. The van der Waals surface area contributed by atoms with E-state index in [2.05, 4.69) is 31.5 Å². The summed E-state index contributed by atoms with van der Waals surface area (Å²) in [5.74, 6) is 0.911. The summed E-state index contributed by atoms with van der Waals surface area (Å²) < 4.78 is 29.2. The minimum Gasteiger partial charge on any atom is -0.378 e. The molecule has 2 aromatic heterocycles. The van der Waals surface area contributed by atoms with Crippen LogP contribution in [0.4, 0.5) is 17.2 Å². The van der Waals surface area contributed by atoms with Crippen LogP contribution in [0.5, 0.6) is 0 Å². The highest BCUT2D eigenvalue weighted by Crippen LogP contribution is 2.31. The maximum absolute atomic E-state index is 11.9. The molecule has 0 saturated carbocycles. The molecule has 0 aliphatic carbocycles. The van der Waals surface area contributed by atoms with Gasteiger partial charge in [-0.1, -0.05) is 6.07 Å². The number of benzene rings is 2. The molecular formula is C23H23N5O3S. The summed E-state index contributed by atoms with van der Waals surface area (Å²) in [6.07, 6.45) is 3.01. The van der Waals surface area contributed by atoms with Crippen LogP contribution in [0.25, 0.3) is 22.2 Å². The molecule has 0 spiro atoms. The molecule has 0 unspecified atom stereocenters. The number of hydrogen-bond donors (Lipinski definition) is 2. The summed E-state index contributed by atoms with van der Waals surface area (Å²) in [5.41, 5.74) is 4.28. The Kier molecular flexibility index (Phi) is 5.28. The number of rotatable bonds is 5. The first-order valence-electron chi connectivity index (χ1n) is 10.3. The third-order valence-electron chi connectivity index (χ3n) is 5.47. The molecule has 5 rings (SSSR count). The van der Waals surface area contributed by atoms with Crippen molar-refractivity contribution in [2.75, 3.05) is 42.8 Å². The molecular weight excluding hydrogens is 426 g/mol. The van der Waals surface area contributed by atoms with Gasteiger partial charge in [0.2, 0.25) is 0 Å². The fourth-order valence-corrected chi connectivity index (χ4v) is 4.48. The second-order valence-corrected chi connectivity index (χ2v) is 9.78. The first-order chi connectivity index (χ1) is 15.5. The molecule has 0 atom stereocenters. The molecule has 1 saturated heterocycles. The molecule has 9 heteroatoms. The van der Waals surface area contributed by atoms with Crippen molar-refractivity contribution in [2.45, 2.75) is 4.90 Å². The standard InChI is InChI=1S/C23H23N5O3S/c1-32(29,30)19-4-2-3-17(14-19)25-18-5-6-21-20(15-18)23(27-26-21)16-7-8-24-22(13-16)28-9-11-31-12-10-28/h2-8,13-15,25H,9-12H2,1H3,(H,26,27). The molecule has 8 nitrogen and oxygen atoms in total. The second kappa shape index (κ2) is 8.25. The molecule has 0 bridgehead atoms. The molecule has 164 valence electrons. The summed E-state index contributed by atoms with van der Waals surface area (Å²) in [5, 5.41) is 11.9. The van der Waals surface area contributed by atoms with Gasteiger partial charge in [0.15, 0.2) is 9.84 Å². The third kappa shape index (κ3) is 4.17. The summed E-state index contributed by atoms with van der Waals surface area (Å²) in [4.78, 5) is 7.02. The van der Waals surface area contributed by atoms with Crippen LogP contribution in [0.2, 0.25) is 0 Å². The summed E-state index contributed by atoms with van der Waals surface area (Å²) in [6.45, 7) is 3.04. The van der Waals surface area contributed by atoms with Gasteiger partial charge in [0.25, 0.3) is 0 Å². The average molecular weight is 450 g/mol. The van der Waals surface area contributed by atoms with Crippen molar-refractivity contribution < 1.29 is 13.2 Å². The monoisotopic (exact) mass is 449 g/mol. The molecule has 1 aliphatic heterocycles. The molecule has 3 heterocycles. The molecule has 4 aromatic rings. The van der Waals surface area contributed by atoms with Crippen LogP contribution < -0.4 is 10.2 Å². The van der Waals surface area contributed by atoms with Crippen LogP contribution in [0, 0.1) is 0 Å². The average Bonchev–Trinajstić information content (AvgIpc) is 3.23. The van der Waals surface area contributed by atoms with E-state index in [1.165, 1.54) is 6.26 Å². The summed E-state index contributed by atoms with van der Waals surface area (Å²) in [7, 11) is -3.27. The summed E-state index contributed by atoms with van der Waals surface area (Å²) >= 11 is 0. The van der Waals surface area contributed by atoms with Gasteiger partial charge >= 0.3 is 0 Å². The molecule has 2 aromatic carbocycles. The van der Waals surface area contributed by atoms with Crippen molar-refractivity contribution in [3.63, 3.8) is 0 Å². The zero-order valence-corrected chi connectivity index (χ0v) is 18.4. The number of aromatic nitrogens is 3. The number of fused-ring (bicyclic) bond motifs is 1. The van der Waals surface area contributed by atoms with Crippen LogP contribution >= 0.6 is 0 Å². The van der Waals surface area contributed by atoms with Gasteiger partial charge in [0.05, 0.1) is 23.6 Å². The molecule has 1 aliphatic rings. The van der Waals surface area contributed by atoms with Gasteiger partial charge in [-0.2, -0.15) is 5.10 Å². The van der Waals surface area contributed by atoms with Gasteiger partial charge in [-0.25, -0.2) is 13.4 Å². The van der Waals surface area contributed by atoms with E-state index >= 15 is 0 Å². The number of anilines is 3. The molecule has 0 radical (unpaired) electrons. The highest BCUT2D eigenvalue weighted by molar-refractivity contribution is 7.90. The number of nitrogens with zero attached hydrogens (tertiary/aromatic N) is 3. The number of morpholine rings is 1. The van der Waals surface area contributed by atoms with E-state index < -0.39 is 9.84 Å². The first kappa shape index (κ1) is 20.5. The minimum absolute atomic E-state index is 0.278. The van der Waals surface area contributed by atoms with Crippen LogP contribution in [0.15, 0.2) is 65.7 Å². The maximum Gasteiger partial charge on any atom is 0.175 e. The fraction of sp³-hybridized carbons (Fsp3) is 0.217. The Morgan fingerprint density at radius 3 is 2.66 bits per heavy atom. The van der Waals surface area contributed by atoms with Gasteiger partial charge in [-0.3, -0.25) is 5.10 Å². The van der Waals surface area contributed by atoms with E-state index in [0.717, 1.165) is 46.8 Å². The predicted octanol–water partition coefficient (Wildman–Crippen LogP) is 3.61. The lowest BCUT2D eigenvalue weighted by atomic mass is 10.1. The van der Waals surface area contributed by atoms with Gasteiger partial charge in [0, 0.05) is 47.9 Å². The number of hydrogen-bond acceptors (Lipinski definition) is 7. The lowest BCUT2D eigenvalue weighted by Crippen LogP contribution is -2.36. The molecule has 1 fully saturated rings. The van der Waals surface area contributed by atoms with Gasteiger partial charge < -0.3 is 15.0 Å². The lowest BCUT2D eigenvalue weighted by Gasteiger charge is -2.27. The zero-order valence-electron chi connectivity index (χ0n) is 17.6. The number of aromatic amines is 1. The zero-order chi connectivity index (χ0) is 22.1. The number of nitrogens with one attached hydrogen (secondary N) is 2. The van der Waals surface area contributed by atoms with Crippen molar-refractivity contribution in [3.05, 3.63) is 60.8 Å². The van der Waals surface area contributed by atoms with Crippen LogP contribution in [0.1, 0.15) is 0 Å². The largest absolute Gasteiger partial charge is 0.378 e. The van der Waals surface area contributed by atoms with E-state index in [-0.39, 0.29) is 4.90 Å². The quantitative estimate of drug-likeness (QED) is 0.480. The number of H-pyrrole nitrogens is 1. The Morgan fingerprint density at radius 2 is 1.84 bits per heavy atom. The Balaban J connectivity index is 1.47. The molecule has 2 N–H and O–H groups in total. The maximum atomic E-state index is 11.9. The SMILES string of the molecule is CS(=O)(=O)c1cccc(Nc2ccc3[nH]nc(-c4ccnc(N5CCOCC5)c4)c3c2)c1. The second-order valence-electron chi connectivity index (χ2n) is 7.76. The van der Waals surface area contributed by atoms with E-state index in [9.17, 15) is 8.42 Å². The number of ether oxygens (including phenoxy) is 1. The minimum atomic E-state index is -3.27. The Bertz CT molecular complexity index is 1380. The predicted molar refractivity (Wildman–Crippen MR) is 125 cm³/mol. The van der Waals surface area contributed by atoms with Crippen molar-refractivity contribution in [1.82, 2.24) is 15.2 Å². The van der Waals surface area contributed by atoms with E-state index in [1.54, 1.807) is 24.4 Å². The van der Waals surface area contributed by atoms with Crippen molar-refractivity contribution >= 4 is 37.9 Å². The van der Waals surface area contributed by atoms with Crippen molar-refractivity contribution in [3.8, 4) is 11.3 Å². The topological polar surface area (TPSA) is 100 Å². The fourth-order valence-electron chi connectivity index (χ4n) is 3.81. The van der Waals surface area contributed by atoms with Crippen LogP contribution in [0.3, 0.4) is 0 Å². The van der Waals surface area contributed by atoms with E-state index in [4.69, 9.17) is 4.74 Å². The van der Waals surface area contributed by atoms with E-state index in [1.807, 2.05) is 30.3 Å². The van der Waals surface area contributed by atoms with Gasteiger partial charge in [-0.15, -0.1) is 0 Å². The highest BCUT2D eigenvalue weighted by atomic mass is 32.2. The molecule has 32 heavy (non-hydrogen) atoms. The smallest absolute Gasteiger partial charge is 0.175 e. The highest BCUT2D eigenvalue weighted by Gasteiger charge is 2.15. The lowest BCUT2D eigenvalue weighted by molar-refractivity contribution is 0.122. The molecule has 0 amide bonds. The normalized spacial score (nSPS) is 14.6. The Labute approximate surface area is 186 Å².